The Hall–Kier alpha value is -3.64. The number of thioether (sulfide) groups is 1. The van der Waals surface area contributed by atoms with Gasteiger partial charge in [-0.1, -0.05) is 25.0 Å². The standard InChI is InChI=1S/C33H51N7O9S/c41-28(42)18-37-10-11-38(19-29(43)44)14-15-40(21-31(47)48)25(17-39(13-12-37)20-30(45)46)16-23-5-7-24(8-6-23)34-9-3-1-2-4-27-32-26(22-50-27)35-33(49)36-32/h5-8,25-27,32,34H,1-4,9-22H2,(H,41,42)(H,43,44)(H,45,46)(H,47,48)(H2,35,36,49). The van der Waals surface area contributed by atoms with Gasteiger partial charge in [0.05, 0.1) is 38.3 Å². The minimum Gasteiger partial charge on any atom is -0.480 e. The summed E-state index contributed by atoms with van der Waals surface area (Å²) in [6, 6.07) is 7.90. The molecule has 0 radical (unpaired) electrons. The largest absolute Gasteiger partial charge is 0.480 e. The van der Waals surface area contributed by atoms with Gasteiger partial charge in [0.2, 0.25) is 0 Å². The molecule has 7 N–H and O–H groups in total. The van der Waals surface area contributed by atoms with Crippen LogP contribution in [0.3, 0.4) is 0 Å². The molecule has 3 saturated heterocycles. The molecular weight excluding hydrogens is 670 g/mol. The average molecular weight is 722 g/mol. The fourth-order valence-corrected chi connectivity index (χ4v) is 8.45. The minimum absolute atomic E-state index is 0.0602. The van der Waals surface area contributed by atoms with Crippen molar-refractivity contribution < 1.29 is 44.4 Å². The number of amides is 2. The zero-order chi connectivity index (χ0) is 36.0. The Bertz CT molecular complexity index is 1310. The predicted molar refractivity (Wildman–Crippen MR) is 188 cm³/mol. The second-order valence-corrected chi connectivity index (χ2v) is 14.6. The van der Waals surface area contributed by atoms with Crippen molar-refractivity contribution >= 4 is 47.4 Å². The summed E-state index contributed by atoms with van der Waals surface area (Å²) in [4.78, 5) is 65.4. The van der Waals surface area contributed by atoms with Crippen LogP contribution in [0.4, 0.5) is 10.5 Å². The van der Waals surface area contributed by atoms with Crippen LogP contribution in [0.2, 0.25) is 0 Å². The molecule has 0 aliphatic carbocycles. The van der Waals surface area contributed by atoms with E-state index in [4.69, 9.17) is 0 Å². The van der Waals surface area contributed by atoms with Crippen molar-refractivity contribution in [3.8, 4) is 0 Å². The lowest BCUT2D eigenvalue weighted by Crippen LogP contribution is -2.53. The van der Waals surface area contributed by atoms with E-state index in [1.807, 2.05) is 36.0 Å². The van der Waals surface area contributed by atoms with Crippen molar-refractivity contribution in [2.45, 2.75) is 55.5 Å². The Morgan fingerprint density at radius 1 is 0.740 bits per heavy atom. The molecule has 50 heavy (non-hydrogen) atoms. The molecule has 16 nitrogen and oxygen atoms in total. The number of nitrogens with one attached hydrogen (secondary N) is 3. The number of hydrogen-bond acceptors (Lipinski definition) is 11. The van der Waals surface area contributed by atoms with Gasteiger partial charge in [-0.25, -0.2) is 4.79 Å². The van der Waals surface area contributed by atoms with Crippen molar-refractivity contribution in [2.75, 3.05) is 89.6 Å². The molecule has 1 aromatic carbocycles. The first kappa shape index (κ1) is 39.2. The van der Waals surface area contributed by atoms with E-state index < -0.39 is 29.9 Å². The lowest BCUT2D eigenvalue weighted by molar-refractivity contribution is -0.142. The number of anilines is 1. The molecule has 0 bridgehead atoms. The molecule has 0 saturated carbocycles. The summed E-state index contributed by atoms with van der Waals surface area (Å²) in [6.45, 7) is 1.40. The second-order valence-electron chi connectivity index (χ2n) is 13.3. The topological polar surface area (TPSA) is 215 Å². The fourth-order valence-electron chi connectivity index (χ4n) is 6.91. The molecule has 3 heterocycles. The molecule has 278 valence electrons. The summed E-state index contributed by atoms with van der Waals surface area (Å²) in [5.41, 5.74) is 1.90. The quantitative estimate of drug-likeness (QED) is 0.0851. The lowest BCUT2D eigenvalue weighted by Gasteiger charge is -2.37. The van der Waals surface area contributed by atoms with Gasteiger partial charge in [-0.15, -0.1) is 0 Å². The van der Waals surface area contributed by atoms with E-state index in [1.165, 1.54) is 0 Å². The third-order valence-corrected chi connectivity index (χ3v) is 10.9. The zero-order valence-electron chi connectivity index (χ0n) is 28.4. The van der Waals surface area contributed by atoms with Crippen molar-refractivity contribution in [3.05, 3.63) is 29.8 Å². The molecule has 4 rings (SSSR count). The molecular formula is C33H51N7O9S. The van der Waals surface area contributed by atoms with E-state index in [2.05, 4.69) is 16.0 Å². The molecule has 3 aliphatic heterocycles. The fraction of sp³-hybridized carbons (Fsp3) is 0.667. The van der Waals surface area contributed by atoms with Crippen molar-refractivity contribution in [2.24, 2.45) is 0 Å². The number of carbonyl (C=O) groups is 5. The Kier molecular flexibility index (Phi) is 15.4. The van der Waals surface area contributed by atoms with Gasteiger partial charge < -0.3 is 36.4 Å². The van der Waals surface area contributed by atoms with Gasteiger partial charge in [0.15, 0.2) is 0 Å². The van der Waals surface area contributed by atoms with Crippen LogP contribution in [0.15, 0.2) is 24.3 Å². The highest BCUT2D eigenvalue weighted by atomic mass is 32.2. The molecule has 17 heteroatoms. The number of aliphatic carboxylic acids is 4. The summed E-state index contributed by atoms with van der Waals surface area (Å²) in [5, 5.41) is 48.3. The smallest absolute Gasteiger partial charge is 0.317 e. The van der Waals surface area contributed by atoms with Gasteiger partial charge >= 0.3 is 29.9 Å². The van der Waals surface area contributed by atoms with Crippen LogP contribution in [0, 0.1) is 0 Å². The summed E-state index contributed by atoms with van der Waals surface area (Å²) < 4.78 is 0. The Morgan fingerprint density at radius 3 is 1.94 bits per heavy atom. The maximum atomic E-state index is 12.0. The van der Waals surface area contributed by atoms with Crippen LogP contribution in [0.5, 0.6) is 0 Å². The predicted octanol–water partition coefficient (Wildman–Crippen LogP) is 0.295. The zero-order valence-corrected chi connectivity index (χ0v) is 29.2. The summed E-state index contributed by atoms with van der Waals surface area (Å²) in [5.74, 6) is -3.20. The van der Waals surface area contributed by atoms with E-state index in [1.54, 1.807) is 19.6 Å². The Morgan fingerprint density at radius 2 is 1.32 bits per heavy atom. The number of nitrogens with zero attached hydrogens (tertiary/aromatic N) is 4. The molecule has 3 fully saturated rings. The number of carboxylic acid groups (broad SMARTS) is 4. The number of rotatable bonds is 17. The van der Waals surface area contributed by atoms with Crippen LogP contribution in [0.1, 0.15) is 31.2 Å². The van der Waals surface area contributed by atoms with Crippen LogP contribution < -0.4 is 16.0 Å². The number of fused-ring (bicyclic) bond motifs is 1. The molecule has 4 unspecified atom stereocenters. The molecule has 1 aromatic rings. The third-order valence-electron chi connectivity index (χ3n) is 9.43. The first-order chi connectivity index (χ1) is 23.9. The van der Waals surface area contributed by atoms with Crippen LogP contribution >= 0.6 is 11.8 Å². The number of carboxylic acids is 4. The number of urea groups is 1. The van der Waals surface area contributed by atoms with Crippen LogP contribution in [0.25, 0.3) is 0 Å². The van der Waals surface area contributed by atoms with E-state index in [9.17, 15) is 44.4 Å². The molecule has 0 aromatic heterocycles. The van der Waals surface area contributed by atoms with Gasteiger partial charge in [-0.05, 0) is 37.0 Å². The maximum absolute atomic E-state index is 12.0. The van der Waals surface area contributed by atoms with Crippen molar-refractivity contribution in [1.82, 2.24) is 30.2 Å². The molecule has 3 aliphatic rings. The van der Waals surface area contributed by atoms with Crippen molar-refractivity contribution in [3.63, 3.8) is 0 Å². The van der Waals surface area contributed by atoms with E-state index in [0.29, 0.717) is 11.7 Å². The lowest BCUT2D eigenvalue weighted by atomic mass is 10.0. The number of benzene rings is 1. The van der Waals surface area contributed by atoms with Gasteiger partial charge in [0.25, 0.3) is 0 Å². The average Bonchev–Trinajstić information content (AvgIpc) is 3.59. The first-order valence-corrected chi connectivity index (χ1v) is 18.3. The first-order valence-electron chi connectivity index (χ1n) is 17.2. The van der Waals surface area contributed by atoms with Gasteiger partial charge in [-0.2, -0.15) is 11.8 Å². The van der Waals surface area contributed by atoms with E-state index >= 15 is 0 Å². The summed E-state index contributed by atoms with van der Waals surface area (Å²) in [6.07, 6.45) is 4.68. The van der Waals surface area contributed by atoms with Crippen LogP contribution in [-0.4, -0.2) is 178 Å². The Labute approximate surface area is 296 Å². The molecule has 0 spiro atoms. The van der Waals surface area contributed by atoms with Gasteiger partial charge in [0.1, 0.15) is 0 Å². The van der Waals surface area contributed by atoms with Crippen molar-refractivity contribution in [1.29, 1.82) is 0 Å². The van der Waals surface area contributed by atoms with E-state index in [-0.39, 0.29) is 90.1 Å². The number of hydrogen-bond donors (Lipinski definition) is 7. The Balaban J connectivity index is 1.37. The maximum Gasteiger partial charge on any atom is 0.317 e. The molecule has 2 amide bonds. The van der Waals surface area contributed by atoms with Crippen LogP contribution in [-0.2, 0) is 25.6 Å². The van der Waals surface area contributed by atoms with E-state index in [0.717, 1.165) is 49.2 Å². The summed E-state index contributed by atoms with van der Waals surface area (Å²) >= 11 is 1.93. The number of unbranched alkanes of at least 4 members (excludes halogenated alkanes) is 2. The van der Waals surface area contributed by atoms with Gasteiger partial charge in [-0.3, -0.25) is 38.8 Å². The normalized spacial score (nSPS) is 24.4. The SMILES string of the molecule is O=C(O)CN1CCN(CC(=O)O)CCN(CC(=O)O)C(Cc2ccc(NCCCCCC3SCC4NC(=O)NC43)cc2)CN(CC(=O)O)CC1. The highest BCUT2D eigenvalue weighted by molar-refractivity contribution is 8.00. The summed E-state index contributed by atoms with van der Waals surface area (Å²) in [7, 11) is 0. The molecule has 4 atom stereocenters. The van der Waals surface area contributed by atoms with Gasteiger partial charge in [0, 0.05) is 75.1 Å². The monoisotopic (exact) mass is 721 g/mol. The third kappa shape index (κ3) is 13.2. The minimum atomic E-state index is -1.04. The highest BCUT2D eigenvalue weighted by Crippen LogP contribution is 2.33. The highest BCUT2D eigenvalue weighted by Gasteiger charge is 2.42. The second kappa shape index (κ2) is 19.7. The number of carbonyl (C=O) groups excluding carboxylic acids is 1.